The lowest BCUT2D eigenvalue weighted by Crippen LogP contribution is -2.50. The molecule has 2 heterocycles. The maximum absolute atomic E-state index is 12.5. The summed E-state index contributed by atoms with van der Waals surface area (Å²) in [5, 5.41) is 9.99. The molecule has 0 bridgehead atoms. The average Bonchev–Trinajstić information content (AvgIpc) is 3.28. The Morgan fingerprint density at radius 3 is 2.50 bits per heavy atom. The van der Waals surface area contributed by atoms with Gasteiger partial charge >= 0.3 is 0 Å². The Morgan fingerprint density at radius 2 is 1.82 bits per heavy atom. The maximum atomic E-state index is 12.5. The van der Waals surface area contributed by atoms with Gasteiger partial charge in [0.2, 0.25) is 0 Å². The second kappa shape index (κ2) is 7.55. The van der Waals surface area contributed by atoms with E-state index in [9.17, 15) is 13.5 Å². The van der Waals surface area contributed by atoms with Crippen molar-refractivity contribution in [1.82, 2.24) is 0 Å². The molecule has 7 nitrogen and oxygen atoms in total. The molecule has 2 aliphatic heterocycles. The van der Waals surface area contributed by atoms with Crippen LogP contribution < -0.4 is 0 Å². The van der Waals surface area contributed by atoms with Gasteiger partial charge in [0.25, 0.3) is 10.1 Å². The summed E-state index contributed by atoms with van der Waals surface area (Å²) < 4.78 is 47.8. The van der Waals surface area contributed by atoms with Crippen molar-refractivity contribution in [2.75, 3.05) is 19.8 Å². The molecule has 2 aromatic carbocycles. The first-order valence-corrected chi connectivity index (χ1v) is 10.4. The molecule has 2 unspecified atom stereocenters. The minimum absolute atomic E-state index is 0.0477. The van der Waals surface area contributed by atoms with Crippen LogP contribution in [0.1, 0.15) is 17.4 Å². The van der Waals surface area contributed by atoms with E-state index in [0.717, 1.165) is 11.1 Å². The lowest BCUT2D eigenvalue weighted by atomic mass is 9.98. The molecule has 28 heavy (non-hydrogen) atoms. The summed E-state index contributed by atoms with van der Waals surface area (Å²) in [6.45, 7) is 1.22. The third-order valence-corrected chi connectivity index (χ3v) is 6.34. The van der Waals surface area contributed by atoms with E-state index < -0.39 is 40.8 Å². The van der Waals surface area contributed by atoms with Crippen LogP contribution in [-0.4, -0.2) is 51.2 Å². The summed E-state index contributed by atoms with van der Waals surface area (Å²) in [5.74, 6) is 0. The van der Waals surface area contributed by atoms with E-state index in [4.69, 9.17) is 18.4 Å². The van der Waals surface area contributed by atoms with Gasteiger partial charge in [0, 0.05) is 5.56 Å². The molecular weight excluding hydrogens is 384 g/mol. The Balaban J connectivity index is 1.49. The molecule has 0 aliphatic carbocycles. The quantitative estimate of drug-likeness (QED) is 0.733. The summed E-state index contributed by atoms with van der Waals surface area (Å²) >= 11 is 0. The number of aliphatic hydroxyl groups excluding tert-OH is 1. The number of fused-ring (bicyclic) bond motifs is 1. The van der Waals surface area contributed by atoms with Crippen molar-refractivity contribution in [2.45, 2.75) is 35.9 Å². The van der Waals surface area contributed by atoms with E-state index >= 15 is 0 Å². The van der Waals surface area contributed by atoms with Crippen LogP contribution in [0.15, 0.2) is 59.5 Å². The van der Waals surface area contributed by atoms with Crippen molar-refractivity contribution in [3.63, 3.8) is 0 Å². The molecule has 2 aliphatic rings. The van der Waals surface area contributed by atoms with Gasteiger partial charge in [-0.15, -0.1) is 0 Å². The van der Waals surface area contributed by atoms with Gasteiger partial charge in [-0.05, 0) is 19.1 Å². The normalized spacial score (nSPS) is 29.7. The molecule has 1 N–H and O–H groups in total. The number of aliphatic hydroxyl groups is 1. The molecule has 0 spiro atoms. The highest BCUT2D eigenvalue weighted by Gasteiger charge is 2.57. The molecular formula is C20H22O7S. The van der Waals surface area contributed by atoms with E-state index in [1.54, 1.807) is 12.1 Å². The van der Waals surface area contributed by atoms with Gasteiger partial charge in [0.15, 0.2) is 6.29 Å². The minimum Gasteiger partial charge on any atom is -0.393 e. The second-order valence-corrected chi connectivity index (χ2v) is 8.65. The van der Waals surface area contributed by atoms with Crippen molar-refractivity contribution in [3.05, 3.63) is 65.7 Å². The molecule has 8 heteroatoms. The van der Waals surface area contributed by atoms with Gasteiger partial charge in [-0.2, -0.15) is 8.42 Å². The minimum atomic E-state index is -3.99. The number of ether oxygens (including phenoxy) is 3. The standard InChI is InChI=1S/C20H22O7S/c1-14-7-9-16(10-8-14)28(22,23)25-13-20(12-21)18-17(11-24-20)26-19(27-18)15-5-3-2-4-6-15/h2-10,17-19,21H,11-13H2,1H3/t17-,18?,19?,20+/m1/s1. The van der Waals surface area contributed by atoms with Crippen molar-refractivity contribution >= 4 is 10.1 Å². The van der Waals surface area contributed by atoms with Crippen LogP contribution >= 0.6 is 0 Å². The third kappa shape index (κ3) is 3.59. The number of aryl methyl sites for hydroxylation is 1. The van der Waals surface area contributed by atoms with Gasteiger partial charge in [0.1, 0.15) is 24.4 Å². The molecule has 2 fully saturated rings. The predicted octanol–water partition coefficient (Wildman–Crippen LogP) is 1.94. The van der Waals surface area contributed by atoms with E-state index in [0.29, 0.717) is 0 Å². The van der Waals surface area contributed by atoms with Crippen LogP contribution in [0, 0.1) is 6.92 Å². The van der Waals surface area contributed by atoms with E-state index in [2.05, 4.69) is 0 Å². The number of hydrogen-bond donors (Lipinski definition) is 1. The molecule has 0 aromatic heterocycles. The first-order chi connectivity index (χ1) is 13.4. The number of hydrogen-bond acceptors (Lipinski definition) is 7. The van der Waals surface area contributed by atoms with Crippen LogP contribution in [-0.2, 0) is 28.5 Å². The molecule has 0 saturated carbocycles. The van der Waals surface area contributed by atoms with Gasteiger partial charge in [0.05, 0.1) is 18.1 Å². The Kier molecular flexibility index (Phi) is 5.26. The van der Waals surface area contributed by atoms with Crippen LogP contribution in [0.25, 0.3) is 0 Å². The van der Waals surface area contributed by atoms with Gasteiger partial charge in [-0.3, -0.25) is 4.18 Å². The zero-order valence-electron chi connectivity index (χ0n) is 15.4. The largest absolute Gasteiger partial charge is 0.393 e. The highest BCUT2D eigenvalue weighted by molar-refractivity contribution is 7.86. The SMILES string of the molecule is Cc1ccc(S(=O)(=O)OC[C@]2(CO)OC[C@H]3OC(c4ccccc4)OC32)cc1. The van der Waals surface area contributed by atoms with Crippen molar-refractivity contribution in [1.29, 1.82) is 0 Å². The lowest BCUT2D eigenvalue weighted by molar-refractivity contribution is -0.168. The van der Waals surface area contributed by atoms with Crippen LogP contribution in [0.2, 0.25) is 0 Å². The zero-order chi connectivity index (χ0) is 19.8. The topological polar surface area (TPSA) is 91.3 Å². The molecule has 4 atom stereocenters. The summed E-state index contributed by atoms with van der Waals surface area (Å²) in [6, 6.07) is 15.8. The van der Waals surface area contributed by atoms with E-state index in [1.807, 2.05) is 37.3 Å². The highest BCUT2D eigenvalue weighted by Crippen LogP contribution is 2.42. The van der Waals surface area contributed by atoms with Crippen molar-refractivity contribution < 1.29 is 31.9 Å². The molecule has 0 radical (unpaired) electrons. The van der Waals surface area contributed by atoms with Gasteiger partial charge in [-0.1, -0.05) is 48.0 Å². The Morgan fingerprint density at radius 1 is 1.11 bits per heavy atom. The van der Waals surface area contributed by atoms with E-state index in [1.165, 1.54) is 12.1 Å². The molecule has 150 valence electrons. The average molecular weight is 406 g/mol. The Bertz CT molecular complexity index is 913. The monoisotopic (exact) mass is 406 g/mol. The van der Waals surface area contributed by atoms with Gasteiger partial charge < -0.3 is 19.3 Å². The summed E-state index contributed by atoms with van der Waals surface area (Å²) in [4.78, 5) is 0.0477. The van der Waals surface area contributed by atoms with Crippen molar-refractivity contribution in [2.24, 2.45) is 0 Å². The zero-order valence-corrected chi connectivity index (χ0v) is 16.2. The van der Waals surface area contributed by atoms with E-state index in [-0.39, 0.29) is 18.1 Å². The summed E-state index contributed by atoms with van der Waals surface area (Å²) in [6.07, 6.45) is -1.65. The Hall–Kier alpha value is -1.81. The summed E-state index contributed by atoms with van der Waals surface area (Å²) in [5.41, 5.74) is 0.472. The van der Waals surface area contributed by atoms with Crippen molar-refractivity contribution in [3.8, 4) is 0 Å². The number of rotatable bonds is 6. The maximum Gasteiger partial charge on any atom is 0.297 e. The molecule has 4 rings (SSSR count). The fraction of sp³-hybridized carbons (Fsp3) is 0.400. The van der Waals surface area contributed by atoms with Crippen LogP contribution in [0.3, 0.4) is 0 Å². The third-order valence-electron chi connectivity index (χ3n) is 5.07. The molecule has 0 amide bonds. The highest BCUT2D eigenvalue weighted by atomic mass is 32.2. The first kappa shape index (κ1) is 19.5. The predicted molar refractivity (Wildman–Crippen MR) is 99.0 cm³/mol. The fourth-order valence-corrected chi connectivity index (χ4v) is 4.39. The van der Waals surface area contributed by atoms with Gasteiger partial charge in [-0.25, -0.2) is 0 Å². The first-order valence-electron chi connectivity index (χ1n) is 9.00. The molecule has 2 aromatic rings. The second-order valence-electron chi connectivity index (χ2n) is 7.04. The van der Waals surface area contributed by atoms with Crippen LogP contribution in [0.5, 0.6) is 0 Å². The number of benzene rings is 2. The van der Waals surface area contributed by atoms with Crippen LogP contribution in [0.4, 0.5) is 0 Å². The summed E-state index contributed by atoms with van der Waals surface area (Å²) in [7, 11) is -3.99. The fourth-order valence-electron chi connectivity index (χ4n) is 3.43. The lowest BCUT2D eigenvalue weighted by Gasteiger charge is -2.30. The Labute approximate surface area is 163 Å². The smallest absolute Gasteiger partial charge is 0.297 e. The molecule has 2 saturated heterocycles.